The summed E-state index contributed by atoms with van der Waals surface area (Å²) < 4.78 is 0. The minimum atomic E-state index is 0.586. The van der Waals surface area contributed by atoms with Gasteiger partial charge in [0.25, 0.3) is 0 Å². The summed E-state index contributed by atoms with van der Waals surface area (Å²) in [5.74, 6) is 0.586. The van der Waals surface area contributed by atoms with Gasteiger partial charge in [-0.25, -0.2) is 0 Å². The molecule has 1 rings (SSSR count). The Kier molecular flexibility index (Phi) is 3.53. The smallest absolute Gasteiger partial charge is 0.124 e. The van der Waals surface area contributed by atoms with E-state index in [1.54, 1.807) is 0 Å². The molecule has 0 saturated heterocycles. The quantitative estimate of drug-likeness (QED) is 0.643. The highest BCUT2D eigenvalue weighted by Gasteiger charge is 2.04. The summed E-state index contributed by atoms with van der Waals surface area (Å²) in [5.41, 5.74) is 3.80. The Labute approximate surface area is 81.8 Å². The zero-order chi connectivity index (χ0) is 9.84. The first-order chi connectivity index (χ1) is 6.15. The molecular formula is C11H18BN. The third-order valence-corrected chi connectivity index (χ3v) is 2.31. The van der Waals surface area contributed by atoms with E-state index in [0.717, 1.165) is 6.32 Å². The molecule has 0 spiro atoms. The second kappa shape index (κ2) is 4.45. The van der Waals surface area contributed by atoms with Gasteiger partial charge in [0.15, 0.2) is 0 Å². The molecule has 70 valence electrons. The van der Waals surface area contributed by atoms with E-state index in [1.165, 1.54) is 24.2 Å². The SMILES string of the molecule is CBCc1ccc(C(C)C)c(C)n1. The number of rotatable bonds is 3. The summed E-state index contributed by atoms with van der Waals surface area (Å²) in [6.07, 6.45) is 1.10. The summed E-state index contributed by atoms with van der Waals surface area (Å²) in [6.45, 7) is 8.72. The van der Waals surface area contributed by atoms with E-state index in [0.29, 0.717) is 5.92 Å². The van der Waals surface area contributed by atoms with E-state index in [1.807, 2.05) is 0 Å². The van der Waals surface area contributed by atoms with Crippen LogP contribution in [0.2, 0.25) is 6.82 Å². The molecule has 0 aromatic carbocycles. The van der Waals surface area contributed by atoms with Crippen molar-refractivity contribution in [3.8, 4) is 0 Å². The third kappa shape index (κ3) is 2.58. The molecule has 0 aliphatic carbocycles. The van der Waals surface area contributed by atoms with E-state index in [-0.39, 0.29) is 0 Å². The van der Waals surface area contributed by atoms with Gasteiger partial charge in [0.05, 0.1) is 0 Å². The monoisotopic (exact) mass is 175 g/mol. The van der Waals surface area contributed by atoms with Crippen LogP contribution in [0.15, 0.2) is 12.1 Å². The molecule has 0 bridgehead atoms. The van der Waals surface area contributed by atoms with Crippen LogP contribution in [0.1, 0.15) is 36.7 Å². The predicted molar refractivity (Wildman–Crippen MR) is 59.8 cm³/mol. The standard InChI is InChI=1S/C11H18BN/c1-8(2)11-6-5-10(7-12-4)13-9(11)3/h5-6,8,12H,7H2,1-4H3. The van der Waals surface area contributed by atoms with Crippen LogP contribution in [-0.2, 0) is 6.32 Å². The number of aromatic nitrogens is 1. The average molecular weight is 175 g/mol. The molecule has 0 saturated carbocycles. The Hall–Kier alpha value is -0.785. The number of hydrogen-bond acceptors (Lipinski definition) is 1. The Balaban J connectivity index is 2.92. The lowest BCUT2D eigenvalue weighted by atomic mass is 9.76. The molecule has 0 unspecified atom stereocenters. The summed E-state index contributed by atoms with van der Waals surface area (Å²) in [4.78, 5) is 4.58. The fourth-order valence-corrected chi connectivity index (χ4v) is 1.63. The van der Waals surface area contributed by atoms with Gasteiger partial charge < -0.3 is 0 Å². The van der Waals surface area contributed by atoms with Gasteiger partial charge >= 0.3 is 0 Å². The minimum absolute atomic E-state index is 0.586. The topological polar surface area (TPSA) is 12.9 Å². The van der Waals surface area contributed by atoms with E-state index in [9.17, 15) is 0 Å². The fourth-order valence-electron chi connectivity index (χ4n) is 1.63. The van der Waals surface area contributed by atoms with Crippen molar-refractivity contribution >= 4 is 7.28 Å². The van der Waals surface area contributed by atoms with Crippen molar-refractivity contribution in [1.82, 2.24) is 4.98 Å². The third-order valence-electron chi connectivity index (χ3n) is 2.31. The Bertz CT molecular complexity index is 281. The molecule has 1 aromatic rings. The number of pyridine rings is 1. The van der Waals surface area contributed by atoms with E-state index in [2.05, 4.69) is 44.7 Å². The highest BCUT2D eigenvalue weighted by molar-refractivity contribution is 6.32. The first-order valence-electron chi connectivity index (χ1n) is 5.11. The van der Waals surface area contributed by atoms with Gasteiger partial charge in [-0.1, -0.05) is 26.7 Å². The van der Waals surface area contributed by atoms with Crippen LogP contribution in [0.25, 0.3) is 0 Å². The Morgan fingerprint density at radius 3 is 2.54 bits per heavy atom. The van der Waals surface area contributed by atoms with Crippen LogP contribution in [0.5, 0.6) is 0 Å². The summed E-state index contributed by atoms with van der Waals surface area (Å²) in [5, 5.41) is 0. The lowest BCUT2D eigenvalue weighted by Crippen LogP contribution is -2.01. The van der Waals surface area contributed by atoms with Gasteiger partial charge in [-0.2, -0.15) is 0 Å². The maximum atomic E-state index is 4.58. The second-order valence-electron chi connectivity index (χ2n) is 3.88. The summed E-state index contributed by atoms with van der Waals surface area (Å²) in [6, 6.07) is 4.38. The van der Waals surface area contributed by atoms with Crippen molar-refractivity contribution in [2.24, 2.45) is 0 Å². The first kappa shape index (κ1) is 10.3. The maximum Gasteiger partial charge on any atom is 0.124 e. The van der Waals surface area contributed by atoms with Gasteiger partial charge in [-0.05, 0) is 30.8 Å². The minimum Gasteiger partial charge on any atom is -0.259 e. The molecule has 2 heteroatoms. The van der Waals surface area contributed by atoms with Crippen molar-refractivity contribution in [2.45, 2.75) is 39.8 Å². The summed E-state index contributed by atoms with van der Waals surface area (Å²) in [7, 11) is 1.17. The lowest BCUT2D eigenvalue weighted by molar-refractivity contribution is 0.838. The molecule has 0 amide bonds. The molecular weight excluding hydrogens is 157 g/mol. The molecule has 0 fully saturated rings. The van der Waals surface area contributed by atoms with Gasteiger partial charge in [-0.15, -0.1) is 0 Å². The van der Waals surface area contributed by atoms with Crippen molar-refractivity contribution in [3.63, 3.8) is 0 Å². The van der Waals surface area contributed by atoms with Gasteiger partial charge in [0, 0.05) is 11.4 Å². The zero-order valence-corrected chi connectivity index (χ0v) is 9.09. The Morgan fingerprint density at radius 1 is 1.38 bits per heavy atom. The van der Waals surface area contributed by atoms with Gasteiger partial charge in [0.1, 0.15) is 7.28 Å². The second-order valence-corrected chi connectivity index (χ2v) is 3.88. The molecule has 0 radical (unpaired) electrons. The molecule has 13 heavy (non-hydrogen) atoms. The molecule has 0 aliphatic heterocycles. The van der Waals surface area contributed by atoms with Crippen LogP contribution in [0.4, 0.5) is 0 Å². The van der Waals surface area contributed by atoms with Crippen molar-refractivity contribution in [2.75, 3.05) is 0 Å². The molecule has 0 N–H and O–H groups in total. The molecule has 1 heterocycles. The molecule has 0 aliphatic rings. The Morgan fingerprint density at radius 2 is 2.08 bits per heavy atom. The maximum absolute atomic E-state index is 4.58. The number of nitrogens with zero attached hydrogens (tertiary/aromatic N) is 1. The van der Waals surface area contributed by atoms with Crippen LogP contribution >= 0.6 is 0 Å². The summed E-state index contributed by atoms with van der Waals surface area (Å²) >= 11 is 0. The van der Waals surface area contributed by atoms with Crippen molar-refractivity contribution in [3.05, 3.63) is 29.1 Å². The lowest BCUT2D eigenvalue weighted by Gasteiger charge is -2.09. The van der Waals surface area contributed by atoms with Crippen LogP contribution in [0.3, 0.4) is 0 Å². The average Bonchev–Trinajstić information content (AvgIpc) is 2.04. The normalized spacial score (nSPS) is 10.5. The number of aryl methyl sites for hydroxylation is 1. The fraction of sp³-hybridized carbons (Fsp3) is 0.545. The van der Waals surface area contributed by atoms with Crippen LogP contribution < -0.4 is 0 Å². The predicted octanol–water partition coefficient (Wildman–Crippen LogP) is 2.50. The van der Waals surface area contributed by atoms with Gasteiger partial charge in [-0.3, -0.25) is 4.98 Å². The van der Waals surface area contributed by atoms with Crippen LogP contribution in [0, 0.1) is 6.92 Å². The van der Waals surface area contributed by atoms with E-state index < -0.39 is 0 Å². The van der Waals surface area contributed by atoms with Gasteiger partial charge in [0.2, 0.25) is 0 Å². The van der Waals surface area contributed by atoms with Crippen LogP contribution in [-0.4, -0.2) is 12.3 Å². The van der Waals surface area contributed by atoms with Crippen molar-refractivity contribution in [1.29, 1.82) is 0 Å². The highest BCUT2D eigenvalue weighted by Crippen LogP contribution is 2.17. The molecule has 1 nitrogen and oxygen atoms in total. The number of hydrogen-bond donors (Lipinski definition) is 0. The largest absolute Gasteiger partial charge is 0.259 e. The van der Waals surface area contributed by atoms with E-state index in [4.69, 9.17) is 0 Å². The van der Waals surface area contributed by atoms with E-state index >= 15 is 0 Å². The molecule has 1 aromatic heterocycles. The zero-order valence-electron chi connectivity index (χ0n) is 9.09. The highest BCUT2D eigenvalue weighted by atomic mass is 14.7. The molecule has 0 atom stereocenters. The first-order valence-corrected chi connectivity index (χ1v) is 5.11. The van der Waals surface area contributed by atoms with Crippen molar-refractivity contribution < 1.29 is 0 Å².